The van der Waals surface area contributed by atoms with Crippen LogP contribution in [-0.4, -0.2) is 20.3 Å². The molecule has 0 saturated carbocycles. The minimum Gasteiger partial charge on any atom is -0.338 e. The monoisotopic (exact) mass is 442 g/mol. The zero-order valence-corrected chi connectivity index (χ0v) is 16.2. The van der Waals surface area contributed by atoms with Gasteiger partial charge in [-0.2, -0.15) is 4.98 Å². The van der Waals surface area contributed by atoms with E-state index in [-0.39, 0.29) is 5.82 Å². The van der Waals surface area contributed by atoms with Crippen LogP contribution in [0.1, 0.15) is 5.89 Å². The molecule has 0 aliphatic carbocycles. The quantitative estimate of drug-likeness (QED) is 0.386. The number of aromatic nitrogens is 4. The predicted molar refractivity (Wildman–Crippen MR) is 104 cm³/mol. The minimum atomic E-state index is -0.277. The Balaban J connectivity index is 1.42. The van der Waals surface area contributed by atoms with Crippen LogP contribution in [0.3, 0.4) is 0 Å². The molecule has 2 aromatic carbocycles. The van der Waals surface area contributed by atoms with Crippen LogP contribution in [0, 0.1) is 5.82 Å². The van der Waals surface area contributed by atoms with Gasteiger partial charge in [-0.05, 0) is 48.5 Å². The molecule has 0 radical (unpaired) electrons. The zero-order valence-electron chi connectivity index (χ0n) is 13.8. The van der Waals surface area contributed by atoms with Gasteiger partial charge in [0.15, 0.2) is 0 Å². The van der Waals surface area contributed by atoms with Gasteiger partial charge in [-0.15, -0.1) is 10.2 Å². The van der Waals surface area contributed by atoms with E-state index in [1.165, 1.54) is 23.9 Å². The molecule has 5 nitrogen and oxygen atoms in total. The molecule has 0 bridgehead atoms. The molecule has 134 valence electrons. The standard InChI is InChI=1S/C19H12BrFN4OS/c20-15-4-2-1-3-14(15)19-22-17(26-25-19)11-27-18-10-9-16(23-24-18)12-5-7-13(21)8-6-12/h1-10H,11H2. The topological polar surface area (TPSA) is 64.7 Å². The van der Waals surface area contributed by atoms with Crippen LogP contribution in [0.25, 0.3) is 22.6 Å². The Hall–Kier alpha value is -2.58. The molecule has 8 heteroatoms. The van der Waals surface area contributed by atoms with E-state index in [4.69, 9.17) is 4.52 Å². The van der Waals surface area contributed by atoms with Gasteiger partial charge < -0.3 is 4.52 Å². The third-order valence-corrected chi connectivity index (χ3v) is 5.30. The van der Waals surface area contributed by atoms with Crippen molar-refractivity contribution in [1.82, 2.24) is 20.3 Å². The van der Waals surface area contributed by atoms with Crippen LogP contribution in [0.5, 0.6) is 0 Å². The fraction of sp³-hybridized carbons (Fsp3) is 0.0526. The number of nitrogens with zero attached hydrogens (tertiary/aromatic N) is 4. The summed E-state index contributed by atoms with van der Waals surface area (Å²) in [6.07, 6.45) is 0. The molecule has 0 spiro atoms. The molecule has 2 aromatic heterocycles. The number of thioether (sulfide) groups is 1. The summed E-state index contributed by atoms with van der Waals surface area (Å²) in [6, 6.07) is 17.6. The Morgan fingerprint density at radius 2 is 1.78 bits per heavy atom. The van der Waals surface area contributed by atoms with Crippen molar-refractivity contribution < 1.29 is 8.91 Å². The van der Waals surface area contributed by atoms with Gasteiger partial charge in [0.25, 0.3) is 0 Å². The molecule has 0 saturated heterocycles. The molecule has 0 aliphatic rings. The van der Waals surface area contributed by atoms with Crippen molar-refractivity contribution in [1.29, 1.82) is 0 Å². The first kappa shape index (κ1) is 17.8. The molecule has 4 rings (SSSR count). The van der Waals surface area contributed by atoms with E-state index in [1.807, 2.05) is 36.4 Å². The summed E-state index contributed by atoms with van der Waals surface area (Å²) in [5, 5.41) is 13.1. The lowest BCUT2D eigenvalue weighted by molar-refractivity contribution is 0.391. The van der Waals surface area contributed by atoms with Gasteiger partial charge in [0.2, 0.25) is 11.7 Å². The molecular weight excluding hydrogens is 431 g/mol. The average molecular weight is 443 g/mol. The van der Waals surface area contributed by atoms with Gasteiger partial charge in [0.05, 0.1) is 11.4 Å². The summed E-state index contributed by atoms with van der Waals surface area (Å²) < 4.78 is 19.2. The van der Waals surface area contributed by atoms with E-state index in [0.29, 0.717) is 23.2 Å². The van der Waals surface area contributed by atoms with E-state index < -0.39 is 0 Å². The third-order valence-electron chi connectivity index (χ3n) is 3.71. The average Bonchev–Trinajstić information content (AvgIpc) is 3.17. The van der Waals surface area contributed by atoms with E-state index >= 15 is 0 Å². The molecule has 2 heterocycles. The number of rotatable bonds is 5. The first-order valence-corrected chi connectivity index (χ1v) is 9.77. The van der Waals surface area contributed by atoms with Crippen molar-refractivity contribution in [3.8, 4) is 22.6 Å². The van der Waals surface area contributed by atoms with E-state index in [0.717, 1.165) is 20.6 Å². The van der Waals surface area contributed by atoms with Gasteiger partial charge in [-0.1, -0.05) is 45.0 Å². The highest BCUT2D eigenvalue weighted by molar-refractivity contribution is 9.10. The molecule has 4 aromatic rings. The fourth-order valence-corrected chi connectivity index (χ4v) is 3.49. The molecule has 0 N–H and O–H groups in total. The molecule has 27 heavy (non-hydrogen) atoms. The van der Waals surface area contributed by atoms with Gasteiger partial charge >= 0.3 is 0 Å². The van der Waals surface area contributed by atoms with Crippen molar-refractivity contribution in [2.45, 2.75) is 10.8 Å². The van der Waals surface area contributed by atoms with Crippen LogP contribution in [0.4, 0.5) is 4.39 Å². The fourth-order valence-electron chi connectivity index (χ4n) is 2.37. The minimum absolute atomic E-state index is 0.277. The zero-order chi connectivity index (χ0) is 18.6. The Morgan fingerprint density at radius 1 is 0.963 bits per heavy atom. The second kappa shape index (κ2) is 7.98. The number of hydrogen-bond acceptors (Lipinski definition) is 6. The number of hydrogen-bond donors (Lipinski definition) is 0. The highest BCUT2D eigenvalue weighted by Gasteiger charge is 2.12. The molecule has 0 amide bonds. The Morgan fingerprint density at radius 3 is 2.52 bits per heavy atom. The van der Waals surface area contributed by atoms with Gasteiger partial charge in [-0.25, -0.2) is 4.39 Å². The largest absolute Gasteiger partial charge is 0.338 e. The first-order chi connectivity index (χ1) is 13.2. The summed E-state index contributed by atoms with van der Waals surface area (Å²) in [5.41, 5.74) is 2.38. The summed E-state index contributed by atoms with van der Waals surface area (Å²) >= 11 is 4.93. The predicted octanol–water partition coefficient (Wildman–Crippen LogP) is 5.39. The molecule has 0 atom stereocenters. The molecule has 0 fully saturated rings. The van der Waals surface area contributed by atoms with Crippen molar-refractivity contribution in [2.24, 2.45) is 0 Å². The number of benzene rings is 2. The lowest BCUT2D eigenvalue weighted by Crippen LogP contribution is -1.90. The van der Waals surface area contributed by atoms with E-state index in [9.17, 15) is 4.39 Å². The van der Waals surface area contributed by atoms with E-state index in [2.05, 4.69) is 36.3 Å². The normalized spacial score (nSPS) is 10.9. The highest BCUT2D eigenvalue weighted by Crippen LogP contribution is 2.27. The smallest absolute Gasteiger partial charge is 0.237 e. The van der Waals surface area contributed by atoms with Crippen LogP contribution in [0.15, 0.2) is 74.7 Å². The van der Waals surface area contributed by atoms with Crippen molar-refractivity contribution in [3.05, 3.63) is 76.8 Å². The lowest BCUT2D eigenvalue weighted by Gasteiger charge is -2.01. The third kappa shape index (κ3) is 4.23. The van der Waals surface area contributed by atoms with Gasteiger partial charge in [-0.3, -0.25) is 0 Å². The highest BCUT2D eigenvalue weighted by atomic mass is 79.9. The summed E-state index contributed by atoms with van der Waals surface area (Å²) in [7, 11) is 0. The SMILES string of the molecule is Fc1ccc(-c2ccc(SCc3nc(-c4ccccc4Br)no3)nn2)cc1. The van der Waals surface area contributed by atoms with Crippen LogP contribution < -0.4 is 0 Å². The van der Waals surface area contributed by atoms with Crippen molar-refractivity contribution in [3.63, 3.8) is 0 Å². The Kier molecular flexibility index (Phi) is 5.26. The second-order valence-corrected chi connectivity index (χ2v) is 7.39. The van der Waals surface area contributed by atoms with Crippen molar-refractivity contribution >= 4 is 27.7 Å². The van der Waals surface area contributed by atoms with Crippen molar-refractivity contribution in [2.75, 3.05) is 0 Å². The van der Waals surface area contributed by atoms with Gasteiger partial charge in [0.1, 0.15) is 10.8 Å². The maximum absolute atomic E-state index is 13.0. The van der Waals surface area contributed by atoms with Gasteiger partial charge in [0, 0.05) is 15.6 Å². The van der Waals surface area contributed by atoms with Crippen LogP contribution in [0.2, 0.25) is 0 Å². The molecular formula is C19H12BrFN4OS. The maximum Gasteiger partial charge on any atom is 0.237 e. The van der Waals surface area contributed by atoms with Crippen LogP contribution in [-0.2, 0) is 5.75 Å². The number of halogens is 2. The summed E-state index contributed by atoms with van der Waals surface area (Å²) in [4.78, 5) is 4.42. The summed E-state index contributed by atoms with van der Waals surface area (Å²) in [5.74, 6) is 1.26. The Bertz CT molecular complexity index is 1050. The Labute approximate surface area is 167 Å². The summed E-state index contributed by atoms with van der Waals surface area (Å²) in [6.45, 7) is 0. The molecule has 0 aliphatic heterocycles. The van der Waals surface area contributed by atoms with Crippen LogP contribution >= 0.6 is 27.7 Å². The first-order valence-electron chi connectivity index (χ1n) is 7.99. The second-order valence-electron chi connectivity index (χ2n) is 5.54. The molecule has 0 unspecified atom stereocenters. The van der Waals surface area contributed by atoms with E-state index in [1.54, 1.807) is 12.1 Å². The lowest BCUT2D eigenvalue weighted by atomic mass is 10.1. The maximum atomic E-state index is 13.0.